The summed E-state index contributed by atoms with van der Waals surface area (Å²) in [5.41, 5.74) is 1.18. The van der Waals surface area contributed by atoms with E-state index in [0.29, 0.717) is 11.5 Å². The molecular formula is C18H27NO2S2. The van der Waals surface area contributed by atoms with Crippen molar-refractivity contribution < 1.29 is 8.42 Å². The lowest BCUT2D eigenvalue weighted by molar-refractivity contribution is 0.624. The number of benzene rings is 2. The Kier molecular flexibility index (Phi) is 8.66. The van der Waals surface area contributed by atoms with Gasteiger partial charge in [0, 0.05) is 28.3 Å². The molecule has 1 atom stereocenters. The molecule has 0 spiro atoms. The van der Waals surface area contributed by atoms with Gasteiger partial charge in [0.2, 0.25) is 0 Å². The molecule has 1 unspecified atom stereocenters. The monoisotopic (exact) mass is 353 g/mol. The van der Waals surface area contributed by atoms with Crippen LogP contribution in [0.2, 0.25) is 0 Å². The van der Waals surface area contributed by atoms with Crippen LogP contribution in [0.4, 0.5) is 0 Å². The first-order valence-corrected chi connectivity index (χ1v) is 10.8. The molecule has 0 bridgehead atoms. The maximum atomic E-state index is 12.4. The summed E-state index contributed by atoms with van der Waals surface area (Å²) >= 11 is 0. The van der Waals surface area contributed by atoms with Crippen LogP contribution in [0.1, 0.15) is 33.3 Å². The summed E-state index contributed by atoms with van der Waals surface area (Å²) in [5, 5.41) is 2.15. The molecule has 1 fully saturated rings. The summed E-state index contributed by atoms with van der Waals surface area (Å²) in [6, 6.07) is 12.0. The van der Waals surface area contributed by atoms with Crippen molar-refractivity contribution in [2.24, 2.45) is 0 Å². The summed E-state index contributed by atoms with van der Waals surface area (Å²) < 4.78 is 26.5. The highest BCUT2D eigenvalue weighted by Crippen LogP contribution is 2.24. The van der Waals surface area contributed by atoms with E-state index in [4.69, 9.17) is 0 Å². The second-order valence-electron chi connectivity index (χ2n) is 4.78. The van der Waals surface area contributed by atoms with E-state index in [1.54, 1.807) is 0 Å². The number of hydrogen-bond acceptors (Lipinski definition) is 2. The smallest absolute Gasteiger partial charge is 0.125 e. The van der Waals surface area contributed by atoms with Crippen LogP contribution >= 0.6 is 0 Å². The zero-order chi connectivity index (χ0) is 17.4. The topological polar surface area (TPSA) is 46.2 Å². The van der Waals surface area contributed by atoms with E-state index >= 15 is 0 Å². The Hall–Kier alpha value is -1.04. The third-order valence-corrected chi connectivity index (χ3v) is 6.20. The first kappa shape index (κ1) is 20.0. The van der Waals surface area contributed by atoms with Crippen LogP contribution in [0.25, 0.3) is 10.8 Å². The van der Waals surface area contributed by atoms with Crippen LogP contribution in [0.5, 0.6) is 0 Å². The quantitative estimate of drug-likeness (QED) is 0.908. The predicted octanol–water partition coefficient (Wildman–Crippen LogP) is 3.94. The molecule has 5 heteroatoms. The van der Waals surface area contributed by atoms with Crippen LogP contribution < -0.4 is 4.72 Å². The molecule has 3 rings (SSSR count). The van der Waals surface area contributed by atoms with Crippen molar-refractivity contribution in [1.82, 2.24) is 4.72 Å². The maximum Gasteiger partial charge on any atom is 0.125 e. The lowest BCUT2D eigenvalue weighted by Gasteiger charge is -2.25. The molecule has 0 aliphatic carbocycles. The van der Waals surface area contributed by atoms with E-state index in [0.717, 1.165) is 15.7 Å². The average Bonchev–Trinajstić information content (AvgIpc) is 2.57. The Balaban J connectivity index is 0.000000615. The van der Waals surface area contributed by atoms with Crippen LogP contribution in [0, 0.1) is 6.92 Å². The first-order chi connectivity index (χ1) is 11.1. The zero-order valence-electron chi connectivity index (χ0n) is 14.6. The van der Waals surface area contributed by atoms with E-state index in [-0.39, 0.29) is 6.04 Å². The van der Waals surface area contributed by atoms with Crippen molar-refractivity contribution >= 4 is 32.6 Å². The minimum Gasteiger partial charge on any atom is -0.259 e. The molecular weight excluding hydrogens is 326 g/mol. The van der Waals surface area contributed by atoms with Gasteiger partial charge in [0.25, 0.3) is 0 Å². The molecule has 2 aromatic rings. The molecule has 0 amide bonds. The van der Waals surface area contributed by atoms with Crippen molar-refractivity contribution in [2.45, 2.75) is 45.6 Å². The van der Waals surface area contributed by atoms with Crippen LogP contribution in [-0.2, 0) is 21.8 Å². The second-order valence-corrected chi connectivity index (χ2v) is 7.54. The summed E-state index contributed by atoms with van der Waals surface area (Å²) in [6.07, 6.45) is 0. The maximum absolute atomic E-state index is 12.4. The molecule has 2 aromatic carbocycles. The van der Waals surface area contributed by atoms with E-state index in [1.165, 1.54) is 5.56 Å². The largest absolute Gasteiger partial charge is 0.259 e. The molecule has 23 heavy (non-hydrogen) atoms. The number of hydrogen-bond donors (Lipinski definition) is 1. The molecule has 3 nitrogen and oxygen atoms in total. The lowest BCUT2D eigenvalue weighted by Crippen LogP contribution is -2.48. The third kappa shape index (κ3) is 4.96. The summed E-state index contributed by atoms with van der Waals surface area (Å²) in [5.74, 6) is 1.21. The Morgan fingerprint density at radius 1 is 1.00 bits per heavy atom. The number of aryl methyl sites for hydroxylation is 1. The number of nitrogens with one attached hydrogen (secondary N) is 1. The fraction of sp³-hybridized carbons (Fsp3) is 0.444. The molecule has 128 valence electrons. The summed E-state index contributed by atoms with van der Waals surface area (Å²) in [6.45, 7) is 10.1. The van der Waals surface area contributed by atoms with Gasteiger partial charge in [-0.3, -0.25) is 4.21 Å². The second kappa shape index (κ2) is 9.96. The Morgan fingerprint density at radius 3 is 2.13 bits per heavy atom. The van der Waals surface area contributed by atoms with Gasteiger partial charge in [-0.05, 0) is 29.3 Å². The first-order valence-electron chi connectivity index (χ1n) is 8.16. The highest BCUT2D eigenvalue weighted by molar-refractivity contribution is 7.87. The van der Waals surface area contributed by atoms with Gasteiger partial charge in [-0.25, -0.2) is 8.93 Å². The van der Waals surface area contributed by atoms with E-state index in [2.05, 4.69) is 11.6 Å². The van der Waals surface area contributed by atoms with E-state index in [9.17, 15) is 8.42 Å². The molecule has 1 heterocycles. The SMILES string of the molecule is CC.CC.Cc1ccc(S(=O)NC2CS(=O)C2)c2ccccc12. The normalized spacial score (nSPS) is 20.4. The summed E-state index contributed by atoms with van der Waals surface area (Å²) in [7, 11) is -1.97. The molecule has 0 radical (unpaired) electrons. The Labute approximate surface area is 144 Å². The van der Waals surface area contributed by atoms with Crippen molar-refractivity contribution in [3.05, 3.63) is 42.0 Å². The minimum atomic E-state index is -1.24. The van der Waals surface area contributed by atoms with Gasteiger partial charge in [-0.2, -0.15) is 0 Å². The fourth-order valence-corrected chi connectivity index (χ4v) is 4.61. The Morgan fingerprint density at radius 2 is 1.57 bits per heavy atom. The van der Waals surface area contributed by atoms with Gasteiger partial charge in [0.05, 0.1) is 4.90 Å². The predicted molar refractivity (Wildman–Crippen MR) is 103 cm³/mol. The fourth-order valence-electron chi connectivity index (χ4n) is 2.27. The molecule has 1 N–H and O–H groups in total. The van der Waals surface area contributed by atoms with Crippen molar-refractivity contribution in [1.29, 1.82) is 0 Å². The standard InChI is InChI=1S/C14H15NO2S2.2C2H6/c1-10-6-7-14(13-5-3-2-4-12(10)13)19(17)15-11-8-18(16)9-11;2*1-2/h2-7,11,15H,8-9H2,1H3;2*1-2H3. The molecule has 1 aliphatic heterocycles. The van der Waals surface area contributed by atoms with Gasteiger partial charge in [0.1, 0.15) is 11.0 Å². The Bertz CT molecular complexity index is 678. The number of rotatable bonds is 3. The lowest BCUT2D eigenvalue weighted by atomic mass is 10.1. The molecule has 1 aliphatic rings. The highest BCUT2D eigenvalue weighted by atomic mass is 32.2. The molecule has 0 aromatic heterocycles. The van der Waals surface area contributed by atoms with Crippen LogP contribution in [0.15, 0.2) is 41.3 Å². The van der Waals surface area contributed by atoms with Crippen molar-refractivity contribution in [2.75, 3.05) is 11.5 Å². The zero-order valence-corrected chi connectivity index (χ0v) is 16.2. The minimum absolute atomic E-state index is 0.113. The van der Waals surface area contributed by atoms with Gasteiger partial charge < -0.3 is 0 Å². The highest BCUT2D eigenvalue weighted by Gasteiger charge is 2.27. The van der Waals surface area contributed by atoms with Gasteiger partial charge in [-0.15, -0.1) is 0 Å². The van der Waals surface area contributed by atoms with Gasteiger partial charge in [0.15, 0.2) is 0 Å². The van der Waals surface area contributed by atoms with E-state index in [1.807, 2.05) is 64.1 Å². The van der Waals surface area contributed by atoms with Crippen LogP contribution in [-0.4, -0.2) is 26.0 Å². The van der Waals surface area contributed by atoms with Crippen molar-refractivity contribution in [3.63, 3.8) is 0 Å². The van der Waals surface area contributed by atoms with E-state index < -0.39 is 21.8 Å². The summed E-state index contributed by atoms with van der Waals surface area (Å²) in [4.78, 5) is 0.805. The van der Waals surface area contributed by atoms with Crippen molar-refractivity contribution in [3.8, 4) is 0 Å². The van der Waals surface area contributed by atoms with Crippen LogP contribution in [0.3, 0.4) is 0 Å². The third-order valence-electron chi connectivity index (χ3n) is 3.35. The van der Waals surface area contributed by atoms with Gasteiger partial charge in [-0.1, -0.05) is 58.0 Å². The molecule has 1 saturated heterocycles. The van der Waals surface area contributed by atoms with Gasteiger partial charge >= 0.3 is 0 Å². The number of fused-ring (bicyclic) bond motifs is 1. The average molecular weight is 354 g/mol. The molecule has 0 saturated carbocycles.